The fraction of sp³-hybridized carbons (Fsp3) is 0.316. The van der Waals surface area contributed by atoms with Crippen molar-refractivity contribution < 1.29 is 19.4 Å². The number of aromatic nitrogens is 1. The lowest BCUT2D eigenvalue weighted by molar-refractivity contribution is -0.159. The van der Waals surface area contributed by atoms with Crippen molar-refractivity contribution in [3.05, 3.63) is 64.6 Å². The normalized spacial score (nSPS) is 16.1. The molecule has 2 aromatic rings. The third-order valence-electron chi connectivity index (χ3n) is 4.66. The molecule has 0 saturated carbocycles. The Kier molecular flexibility index (Phi) is 4.79. The van der Waals surface area contributed by atoms with Gasteiger partial charge in [-0.1, -0.05) is 18.2 Å². The van der Waals surface area contributed by atoms with E-state index in [0.717, 1.165) is 0 Å². The summed E-state index contributed by atoms with van der Waals surface area (Å²) in [7, 11) is 1.58. The van der Waals surface area contributed by atoms with E-state index in [1.165, 1.54) is 15.5 Å². The number of hydrogen-bond donors (Lipinski definition) is 1. The lowest BCUT2D eigenvalue weighted by atomic mass is 9.90. The number of likely N-dealkylation sites (tertiary alicyclic amines) is 1. The van der Waals surface area contributed by atoms with Crippen molar-refractivity contribution in [1.82, 2.24) is 9.47 Å². The number of benzene rings is 1. The van der Waals surface area contributed by atoms with E-state index < -0.39 is 11.6 Å². The molecule has 1 aromatic carbocycles. The van der Waals surface area contributed by atoms with Crippen LogP contribution in [-0.2, 0) is 11.8 Å². The Labute approximate surface area is 150 Å². The summed E-state index contributed by atoms with van der Waals surface area (Å²) in [5.41, 5.74) is -1.66. The van der Waals surface area contributed by atoms with Crippen LogP contribution in [0.3, 0.4) is 0 Å². The van der Waals surface area contributed by atoms with Crippen LogP contribution in [0.1, 0.15) is 23.2 Å². The molecule has 2 heterocycles. The molecular weight excluding hydrogens is 336 g/mol. The fourth-order valence-electron chi connectivity index (χ4n) is 3.08. The summed E-state index contributed by atoms with van der Waals surface area (Å²) in [6.45, 7) is 0.409. The molecule has 7 heteroatoms. The molecule has 0 spiro atoms. The first-order valence-electron chi connectivity index (χ1n) is 8.35. The van der Waals surface area contributed by atoms with Gasteiger partial charge in [-0.25, -0.2) is 4.79 Å². The van der Waals surface area contributed by atoms with Gasteiger partial charge in [0.05, 0.1) is 0 Å². The van der Waals surface area contributed by atoms with E-state index in [9.17, 15) is 19.5 Å². The van der Waals surface area contributed by atoms with Crippen LogP contribution in [-0.4, -0.2) is 45.1 Å². The summed E-state index contributed by atoms with van der Waals surface area (Å²) >= 11 is 0. The third kappa shape index (κ3) is 3.33. The number of nitrogens with zero attached hydrogens (tertiary/aromatic N) is 2. The minimum absolute atomic E-state index is 0.0850. The number of carbonyl (C=O) groups is 2. The maximum Gasteiger partial charge on any atom is 0.348 e. The quantitative estimate of drug-likeness (QED) is 0.897. The molecule has 0 bridgehead atoms. The van der Waals surface area contributed by atoms with Crippen molar-refractivity contribution in [3.63, 3.8) is 0 Å². The molecule has 1 fully saturated rings. The van der Waals surface area contributed by atoms with Gasteiger partial charge in [0.25, 0.3) is 11.5 Å². The molecule has 1 saturated heterocycles. The van der Waals surface area contributed by atoms with Crippen molar-refractivity contribution >= 4 is 11.9 Å². The number of carboxylic acid groups (broad SMARTS) is 1. The molecule has 136 valence electrons. The molecule has 1 aromatic heterocycles. The Morgan fingerprint density at radius 2 is 1.73 bits per heavy atom. The summed E-state index contributed by atoms with van der Waals surface area (Å²) in [5.74, 6) is -0.958. The maximum atomic E-state index is 12.6. The molecule has 1 aliphatic rings. The number of ether oxygens (including phenoxy) is 1. The van der Waals surface area contributed by atoms with Gasteiger partial charge < -0.3 is 19.3 Å². The predicted octanol–water partition coefficient (Wildman–Crippen LogP) is 1.52. The molecule has 0 radical (unpaired) electrons. The van der Waals surface area contributed by atoms with Crippen LogP contribution in [0.15, 0.2) is 53.5 Å². The first kappa shape index (κ1) is 17.7. The zero-order chi connectivity index (χ0) is 18.7. The van der Waals surface area contributed by atoms with Crippen molar-refractivity contribution in [1.29, 1.82) is 0 Å². The summed E-state index contributed by atoms with van der Waals surface area (Å²) in [5, 5.41) is 9.69. The van der Waals surface area contributed by atoms with Gasteiger partial charge >= 0.3 is 5.97 Å². The molecule has 3 rings (SSSR count). The summed E-state index contributed by atoms with van der Waals surface area (Å²) in [6, 6.07) is 11.9. The van der Waals surface area contributed by atoms with Crippen LogP contribution in [0.5, 0.6) is 5.75 Å². The Balaban J connectivity index is 1.76. The highest BCUT2D eigenvalue weighted by molar-refractivity contribution is 5.94. The second-order valence-corrected chi connectivity index (χ2v) is 6.34. The van der Waals surface area contributed by atoms with Crippen molar-refractivity contribution in [2.24, 2.45) is 7.05 Å². The van der Waals surface area contributed by atoms with Crippen molar-refractivity contribution in [3.8, 4) is 5.75 Å². The monoisotopic (exact) mass is 356 g/mol. The lowest BCUT2D eigenvalue weighted by Crippen LogP contribution is -2.54. The highest BCUT2D eigenvalue weighted by Crippen LogP contribution is 2.29. The van der Waals surface area contributed by atoms with Crippen LogP contribution >= 0.6 is 0 Å². The van der Waals surface area contributed by atoms with Gasteiger partial charge in [-0.15, -0.1) is 0 Å². The SMILES string of the molecule is Cn1cccc(C(=O)N2CCC(Oc3ccccc3)(C(=O)O)CC2)c1=O. The van der Waals surface area contributed by atoms with E-state index in [-0.39, 0.29) is 43.0 Å². The largest absolute Gasteiger partial charge is 0.478 e. The van der Waals surface area contributed by atoms with Gasteiger partial charge in [0.1, 0.15) is 11.3 Å². The number of hydrogen-bond acceptors (Lipinski definition) is 4. The molecule has 1 aliphatic heterocycles. The van der Waals surface area contributed by atoms with Gasteiger partial charge in [0.2, 0.25) is 5.60 Å². The first-order valence-corrected chi connectivity index (χ1v) is 8.35. The van der Waals surface area contributed by atoms with Crippen molar-refractivity contribution in [2.75, 3.05) is 13.1 Å². The zero-order valence-electron chi connectivity index (χ0n) is 14.4. The number of rotatable bonds is 4. The third-order valence-corrected chi connectivity index (χ3v) is 4.66. The van der Waals surface area contributed by atoms with E-state index >= 15 is 0 Å². The van der Waals surface area contributed by atoms with Crippen LogP contribution in [0.25, 0.3) is 0 Å². The number of carboxylic acids is 1. The van der Waals surface area contributed by atoms with Crippen LogP contribution in [0, 0.1) is 0 Å². The smallest absolute Gasteiger partial charge is 0.348 e. The molecule has 0 aliphatic carbocycles. The van der Waals surface area contributed by atoms with Gasteiger partial charge in [0.15, 0.2) is 0 Å². The summed E-state index contributed by atoms with van der Waals surface area (Å²) in [6.07, 6.45) is 1.88. The van der Waals surface area contributed by atoms with Gasteiger partial charge in [0, 0.05) is 39.2 Å². The Hall–Kier alpha value is -3.09. The van der Waals surface area contributed by atoms with E-state index in [1.54, 1.807) is 43.6 Å². The first-order chi connectivity index (χ1) is 12.4. The predicted molar refractivity (Wildman–Crippen MR) is 94.3 cm³/mol. The van der Waals surface area contributed by atoms with Gasteiger partial charge in [-0.05, 0) is 24.3 Å². The van der Waals surface area contributed by atoms with Crippen molar-refractivity contribution in [2.45, 2.75) is 18.4 Å². The van der Waals surface area contributed by atoms with Gasteiger partial charge in [-0.2, -0.15) is 0 Å². The number of piperidine rings is 1. The Morgan fingerprint density at radius 3 is 2.35 bits per heavy atom. The zero-order valence-corrected chi connectivity index (χ0v) is 14.4. The molecule has 1 amide bonds. The molecule has 0 unspecified atom stereocenters. The second kappa shape index (κ2) is 7.03. The van der Waals surface area contributed by atoms with Crippen LogP contribution < -0.4 is 10.3 Å². The van der Waals surface area contributed by atoms with E-state index in [2.05, 4.69) is 0 Å². The topological polar surface area (TPSA) is 88.8 Å². The Bertz CT molecular complexity index is 867. The van der Waals surface area contributed by atoms with Crippen LogP contribution in [0.2, 0.25) is 0 Å². The number of aliphatic carboxylic acids is 1. The number of pyridine rings is 1. The van der Waals surface area contributed by atoms with E-state index in [4.69, 9.17) is 4.74 Å². The second-order valence-electron chi connectivity index (χ2n) is 6.34. The summed E-state index contributed by atoms with van der Waals surface area (Å²) < 4.78 is 7.12. The molecule has 0 atom stereocenters. The van der Waals surface area contributed by atoms with Crippen LogP contribution in [0.4, 0.5) is 0 Å². The average Bonchev–Trinajstić information content (AvgIpc) is 2.65. The Morgan fingerprint density at radius 1 is 1.08 bits per heavy atom. The highest BCUT2D eigenvalue weighted by atomic mass is 16.5. The van der Waals surface area contributed by atoms with E-state index in [1.807, 2.05) is 6.07 Å². The minimum atomic E-state index is -1.38. The molecule has 1 N–H and O–H groups in total. The number of carbonyl (C=O) groups excluding carboxylic acids is 1. The standard InChI is InChI=1S/C19H20N2O5/c1-20-11-5-8-15(16(20)22)17(23)21-12-9-19(10-13-21,18(24)25)26-14-6-3-2-4-7-14/h2-8,11H,9-10,12-13H2,1H3,(H,24,25). The highest BCUT2D eigenvalue weighted by Gasteiger charge is 2.45. The molecular formula is C19H20N2O5. The van der Waals surface area contributed by atoms with Gasteiger partial charge in [-0.3, -0.25) is 9.59 Å². The van der Waals surface area contributed by atoms with E-state index in [0.29, 0.717) is 5.75 Å². The average molecular weight is 356 g/mol. The molecule has 7 nitrogen and oxygen atoms in total. The number of aryl methyl sites for hydroxylation is 1. The number of amides is 1. The fourth-order valence-corrected chi connectivity index (χ4v) is 3.08. The number of para-hydroxylation sites is 1. The summed E-state index contributed by atoms with van der Waals surface area (Å²) in [4.78, 5) is 38.1. The minimum Gasteiger partial charge on any atom is -0.478 e. The lowest BCUT2D eigenvalue weighted by Gasteiger charge is -2.38. The molecule has 26 heavy (non-hydrogen) atoms. The maximum absolute atomic E-state index is 12.6.